The van der Waals surface area contributed by atoms with E-state index in [2.05, 4.69) is 10.2 Å². The number of para-hydroxylation sites is 1. The fourth-order valence-corrected chi connectivity index (χ4v) is 6.22. The normalized spacial score (nSPS) is 13.6. The van der Waals surface area contributed by atoms with Crippen LogP contribution in [0.1, 0.15) is 51.7 Å². The summed E-state index contributed by atoms with van der Waals surface area (Å²) in [7, 11) is 0. The molecule has 1 aliphatic carbocycles. The molecule has 0 saturated heterocycles. The number of benzene rings is 2. The van der Waals surface area contributed by atoms with Gasteiger partial charge in [0.1, 0.15) is 10.8 Å². The average Bonchev–Trinajstić information content (AvgIpc) is 3.28. The Kier molecular flexibility index (Phi) is 7.02. The van der Waals surface area contributed by atoms with Gasteiger partial charge < -0.3 is 11.5 Å². The molecule has 0 spiro atoms. The first-order valence-corrected chi connectivity index (χ1v) is 13.3. The Morgan fingerprint density at radius 3 is 2.29 bits per heavy atom. The van der Waals surface area contributed by atoms with Crippen LogP contribution in [0.2, 0.25) is 0 Å². The highest BCUT2D eigenvalue weighted by atomic mass is 32.1. The lowest BCUT2D eigenvalue weighted by atomic mass is 9.95. The summed E-state index contributed by atoms with van der Waals surface area (Å²) in [4.78, 5) is 32.1. The third-order valence-electron chi connectivity index (χ3n) is 6.70. The number of nitrogens with two attached hydrogens (primary N) is 2. The molecule has 4 aromatic rings. The first-order chi connectivity index (χ1) is 18.4. The highest BCUT2D eigenvalue weighted by molar-refractivity contribution is 7.16. The van der Waals surface area contributed by atoms with Crippen LogP contribution in [0.25, 0.3) is 5.69 Å². The molecular weight excluding hydrogens is 496 g/mol. The van der Waals surface area contributed by atoms with Gasteiger partial charge in [-0.05, 0) is 74.9 Å². The molecule has 9 heteroatoms. The van der Waals surface area contributed by atoms with Crippen LogP contribution in [0.5, 0.6) is 0 Å². The van der Waals surface area contributed by atoms with Crippen LogP contribution in [0, 0.1) is 6.92 Å². The number of primary amides is 1. The van der Waals surface area contributed by atoms with E-state index >= 15 is 0 Å². The number of nitrogens with zero attached hydrogens (tertiary/aromatic N) is 4. The Labute approximate surface area is 224 Å². The fourth-order valence-electron chi connectivity index (χ4n) is 4.90. The molecule has 5 rings (SSSR count). The minimum absolute atomic E-state index is 0.164. The van der Waals surface area contributed by atoms with Crippen molar-refractivity contribution in [3.63, 3.8) is 0 Å². The number of pyridine rings is 1. The zero-order chi connectivity index (χ0) is 26.8. The van der Waals surface area contributed by atoms with Crippen molar-refractivity contribution in [2.24, 2.45) is 21.0 Å². The summed E-state index contributed by atoms with van der Waals surface area (Å²) in [5.74, 6) is -0.243. The number of thiophene rings is 1. The van der Waals surface area contributed by atoms with E-state index in [9.17, 15) is 9.59 Å². The second kappa shape index (κ2) is 10.5. The number of aryl methyl sites for hydroxylation is 1. The number of rotatable bonds is 6. The van der Waals surface area contributed by atoms with Crippen LogP contribution in [-0.4, -0.2) is 16.2 Å². The van der Waals surface area contributed by atoms with E-state index < -0.39 is 5.91 Å². The smallest absolute Gasteiger partial charge is 0.284 e. The summed E-state index contributed by atoms with van der Waals surface area (Å²) in [6.45, 7) is 3.61. The maximum absolute atomic E-state index is 13.7. The zero-order valence-corrected chi connectivity index (χ0v) is 22.1. The number of hydrogen-bond acceptors (Lipinski definition) is 7. The van der Waals surface area contributed by atoms with Crippen molar-refractivity contribution < 1.29 is 4.79 Å². The predicted molar refractivity (Wildman–Crippen MR) is 153 cm³/mol. The topological polar surface area (TPSA) is 128 Å². The number of anilines is 1. The first kappa shape index (κ1) is 25.3. The molecule has 8 nitrogen and oxygen atoms in total. The van der Waals surface area contributed by atoms with Crippen LogP contribution >= 0.6 is 11.3 Å². The second-order valence-corrected chi connectivity index (χ2v) is 10.3. The number of carbonyl (C=O) groups is 1. The number of carbonyl (C=O) groups excluding carboxylic acids is 1. The lowest BCUT2D eigenvalue weighted by molar-refractivity contribution is 0.100. The molecule has 0 saturated carbocycles. The molecular formula is C29H28N6O2S. The Balaban J connectivity index is 1.73. The van der Waals surface area contributed by atoms with E-state index in [0.29, 0.717) is 38.8 Å². The molecule has 38 heavy (non-hydrogen) atoms. The highest BCUT2D eigenvalue weighted by Gasteiger charge is 2.25. The summed E-state index contributed by atoms with van der Waals surface area (Å²) in [6.07, 6.45) is 3.84. The molecule has 1 amide bonds. The van der Waals surface area contributed by atoms with Crippen LogP contribution in [0.15, 0.2) is 80.7 Å². The minimum atomic E-state index is -0.479. The number of azo groups is 1. The van der Waals surface area contributed by atoms with Crippen molar-refractivity contribution in [2.75, 3.05) is 5.73 Å². The molecule has 2 heterocycles. The molecule has 0 atom stereocenters. The van der Waals surface area contributed by atoms with Crippen molar-refractivity contribution in [2.45, 2.75) is 39.5 Å². The number of nitrogen functional groups attached to an aromatic ring is 1. The summed E-state index contributed by atoms with van der Waals surface area (Å²) in [5.41, 5.74) is 16.6. The van der Waals surface area contributed by atoms with Crippen molar-refractivity contribution in [3.05, 3.63) is 98.1 Å². The Morgan fingerprint density at radius 1 is 0.947 bits per heavy atom. The molecule has 0 radical (unpaired) electrons. The monoisotopic (exact) mass is 524 g/mol. The number of hydrogen-bond donors (Lipinski definition) is 2. The summed E-state index contributed by atoms with van der Waals surface area (Å²) in [6, 6.07) is 18.4. The summed E-state index contributed by atoms with van der Waals surface area (Å²) < 4.78 is 1.43. The van der Waals surface area contributed by atoms with Gasteiger partial charge in [-0.3, -0.25) is 14.2 Å². The van der Waals surface area contributed by atoms with Crippen molar-refractivity contribution in [3.8, 4) is 5.69 Å². The van der Waals surface area contributed by atoms with Gasteiger partial charge in [-0.2, -0.15) is 5.11 Å². The van der Waals surface area contributed by atoms with Crippen LogP contribution < -0.4 is 17.0 Å². The maximum atomic E-state index is 13.7. The molecule has 4 N–H and O–H groups in total. The number of aliphatic imine (C=N–C) groups is 1. The molecule has 0 aliphatic heterocycles. The van der Waals surface area contributed by atoms with Gasteiger partial charge in [0, 0.05) is 10.4 Å². The lowest BCUT2D eigenvalue weighted by Crippen LogP contribution is -2.25. The molecule has 0 bridgehead atoms. The average molecular weight is 525 g/mol. The predicted octanol–water partition coefficient (Wildman–Crippen LogP) is 6.32. The third-order valence-corrected chi connectivity index (χ3v) is 7.88. The lowest BCUT2D eigenvalue weighted by Gasteiger charge is -2.17. The molecule has 0 unspecified atom stereocenters. The highest BCUT2D eigenvalue weighted by Crippen LogP contribution is 2.40. The standard InChI is InChI=1S/C29H28N6O2S/c1-17-23(18(2)32-28-24(27(31)36)21-15-9-10-16-22(21)38-28)26(30)35(20-13-7-4-8-14-20)29(37)25(17)34-33-19-11-5-3-6-12-19/h3-8,11-14H,9-10,15-16,30H2,1-2H3,(H2,31,36)/b32-18+,34-33?. The molecule has 2 aromatic carbocycles. The molecule has 1 aliphatic rings. The minimum Gasteiger partial charge on any atom is -0.384 e. The Morgan fingerprint density at radius 2 is 1.61 bits per heavy atom. The van der Waals surface area contributed by atoms with E-state index in [1.165, 1.54) is 15.9 Å². The number of fused-ring (bicyclic) bond motifs is 1. The molecule has 0 fully saturated rings. The van der Waals surface area contributed by atoms with Crippen molar-refractivity contribution in [1.29, 1.82) is 0 Å². The van der Waals surface area contributed by atoms with E-state index in [-0.39, 0.29) is 17.1 Å². The summed E-state index contributed by atoms with van der Waals surface area (Å²) in [5, 5.41) is 9.24. The number of amides is 1. The SMILES string of the molecule is C/C(=N\c1sc2c(c1C(N)=O)CCCC2)c1c(C)c(N=Nc2ccccc2)c(=O)n(-c2ccccc2)c1N. The largest absolute Gasteiger partial charge is 0.384 e. The Hall–Kier alpha value is -4.37. The van der Waals surface area contributed by atoms with E-state index in [0.717, 1.165) is 36.1 Å². The number of aromatic nitrogens is 1. The zero-order valence-electron chi connectivity index (χ0n) is 21.3. The van der Waals surface area contributed by atoms with Crippen molar-refractivity contribution >= 4 is 45.1 Å². The van der Waals surface area contributed by atoms with Gasteiger partial charge in [0.05, 0.1) is 22.6 Å². The molecule has 2 aromatic heterocycles. The van der Waals surface area contributed by atoms with Gasteiger partial charge in [0.25, 0.3) is 11.5 Å². The fraction of sp³-hybridized carbons (Fsp3) is 0.207. The third kappa shape index (κ3) is 4.68. The van der Waals surface area contributed by atoms with E-state index in [1.807, 2.05) is 55.5 Å². The second-order valence-electron chi connectivity index (χ2n) is 9.20. The van der Waals surface area contributed by atoms with Crippen molar-refractivity contribution in [1.82, 2.24) is 4.57 Å². The van der Waals surface area contributed by atoms with Crippen LogP contribution in [0.4, 0.5) is 22.2 Å². The van der Waals surface area contributed by atoms with Crippen LogP contribution in [0.3, 0.4) is 0 Å². The van der Waals surface area contributed by atoms with Crippen LogP contribution in [-0.2, 0) is 12.8 Å². The Bertz CT molecular complexity index is 1640. The van der Waals surface area contributed by atoms with Gasteiger partial charge in [-0.1, -0.05) is 36.4 Å². The van der Waals surface area contributed by atoms with Gasteiger partial charge in [-0.25, -0.2) is 4.99 Å². The van der Waals surface area contributed by atoms with E-state index in [4.69, 9.17) is 16.5 Å². The molecule has 192 valence electrons. The van der Waals surface area contributed by atoms with Gasteiger partial charge >= 0.3 is 0 Å². The van der Waals surface area contributed by atoms with Gasteiger partial charge in [0.2, 0.25) is 0 Å². The van der Waals surface area contributed by atoms with Gasteiger partial charge in [-0.15, -0.1) is 16.5 Å². The van der Waals surface area contributed by atoms with E-state index in [1.54, 1.807) is 19.1 Å². The maximum Gasteiger partial charge on any atom is 0.284 e. The van der Waals surface area contributed by atoms with Gasteiger partial charge in [0.15, 0.2) is 5.69 Å². The quantitative estimate of drug-likeness (QED) is 0.226. The summed E-state index contributed by atoms with van der Waals surface area (Å²) >= 11 is 1.50. The first-order valence-electron chi connectivity index (χ1n) is 12.4.